The highest BCUT2D eigenvalue weighted by molar-refractivity contribution is 14.0. The number of morpholine rings is 1. The number of nitrogens with zero attached hydrogens (tertiary/aromatic N) is 2. The number of aliphatic imine (C=N–C) groups is 1. The molecule has 0 radical (unpaired) electrons. The van der Waals surface area contributed by atoms with Gasteiger partial charge in [0.15, 0.2) is 5.96 Å². The fraction of sp³-hybridized carbons (Fsp3) is 0.533. The number of nitrogens with two attached hydrogens (primary N) is 1. The summed E-state index contributed by atoms with van der Waals surface area (Å²) >= 11 is 5.91. The summed E-state index contributed by atoms with van der Waals surface area (Å²) in [5.74, 6) is 1.46. The van der Waals surface area contributed by atoms with Crippen LogP contribution in [0.3, 0.4) is 0 Å². The van der Waals surface area contributed by atoms with E-state index in [-0.39, 0.29) is 24.0 Å². The van der Waals surface area contributed by atoms with Crippen molar-refractivity contribution in [3.63, 3.8) is 0 Å². The highest BCUT2D eigenvalue weighted by Crippen LogP contribution is 2.21. The number of hydrogen-bond acceptors (Lipinski definition) is 3. The average Bonchev–Trinajstić information content (AvgIpc) is 2.49. The molecule has 0 spiro atoms. The van der Waals surface area contributed by atoms with E-state index in [9.17, 15) is 0 Å². The lowest BCUT2D eigenvalue weighted by Crippen LogP contribution is -2.44. The van der Waals surface area contributed by atoms with Crippen LogP contribution in [0.5, 0.6) is 5.75 Å². The molecule has 1 saturated heterocycles. The third-order valence-corrected chi connectivity index (χ3v) is 3.54. The predicted molar refractivity (Wildman–Crippen MR) is 101 cm³/mol. The van der Waals surface area contributed by atoms with Gasteiger partial charge in [-0.2, -0.15) is 0 Å². The molecule has 5 nitrogen and oxygen atoms in total. The zero-order chi connectivity index (χ0) is 15.1. The van der Waals surface area contributed by atoms with Crippen LogP contribution >= 0.6 is 35.6 Å². The predicted octanol–water partition coefficient (Wildman–Crippen LogP) is 2.68. The Hall–Kier alpha value is -0.730. The molecular weight excluding hydrogens is 417 g/mol. The summed E-state index contributed by atoms with van der Waals surface area (Å²) in [5, 5.41) is 0.725. The van der Waals surface area contributed by atoms with Crippen molar-refractivity contribution in [1.29, 1.82) is 0 Å². The Morgan fingerprint density at radius 2 is 2.14 bits per heavy atom. The molecule has 0 bridgehead atoms. The van der Waals surface area contributed by atoms with E-state index >= 15 is 0 Å². The van der Waals surface area contributed by atoms with E-state index in [1.54, 1.807) is 0 Å². The van der Waals surface area contributed by atoms with Crippen LogP contribution in [0.1, 0.15) is 12.0 Å². The first-order valence-electron chi connectivity index (χ1n) is 7.18. The van der Waals surface area contributed by atoms with Crippen LogP contribution in [0.25, 0.3) is 0 Å². The van der Waals surface area contributed by atoms with Gasteiger partial charge in [-0.3, -0.25) is 4.99 Å². The van der Waals surface area contributed by atoms with Gasteiger partial charge >= 0.3 is 0 Å². The molecule has 1 aromatic rings. The smallest absolute Gasteiger partial charge is 0.191 e. The molecule has 124 valence electrons. The zero-order valence-electron chi connectivity index (χ0n) is 12.8. The lowest BCUT2D eigenvalue weighted by Gasteiger charge is -2.27. The topological polar surface area (TPSA) is 60.1 Å². The standard InChI is InChI=1S/C15H22ClN3O2.HI/c1-12-11-13(16)3-4-14(12)21-8-2-5-18-15(17)19-6-9-20-10-7-19;/h3-4,11H,2,5-10H2,1H3,(H2,17,18);1H. The third kappa shape index (κ3) is 6.18. The van der Waals surface area contributed by atoms with Gasteiger partial charge in [0.1, 0.15) is 5.75 Å². The molecule has 0 amide bonds. The van der Waals surface area contributed by atoms with E-state index in [2.05, 4.69) is 4.99 Å². The maximum atomic E-state index is 5.95. The Morgan fingerprint density at radius 3 is 2.82 bits per heavy atom. The molecule has 0 aromatic heterocycles. The van der Waals surface area contributed by atoms with Crippen molar-refractivity contribution < 1.29 is 9.47 Å². The molecule has 2 rings (SSSR count). The molecule has 1 aliphatic rings. The van der Waals surface area contributed by atoms with E-state index in [0.717, 1.165) is 49.1 Å². The van der Waals surface area contributed by atoms with Crippen LogP contribution in [0, 0.1) is 6.92 Å². The maximum Gasteiger partial charge on any atom is 0.191 e. The quantitative estimate of drug-likeness (QED) is 0.332. The summed E-state index contributed by atoms with van der Waals surface area (Å²) in [6, 6.07) is 5.62. The fourth-order valence-corrected chi connectivity index (χ4v) is 2.33. The van der Waals surface area contributed by atoms with Crippen molar-refractivity contribution in [3.8, 4) is 5.75 Å². The summed E-state index contributed by atoms with van der Waals surface area (Å²) in [6.45, 7) is 6.32. The Labute approximate surface area is 153 Å². The Bertz CT molecular complexity index is 494. The van der Waals surface area contributed by atoms with E-state index in [4.69, 9.17) is 26.8 Å². The zero-order valence-corrected chi connectivity index (χ0v) is 15.8. The molecule has 1 aromatic carbocycles. The van der Waals surface area contributed by atoms with Gasteiger partial charge in [0.25, 0.3) is 0 Å². The molecule has 0 unspecified atom stereocenters. The molecule has 1 fully saturated rings. The Kier molecular flexibility index (Phi) is 8.89. The normalized spacial score (nSPS) is 15.4. The third-order valence-electron chi connectivity index (χ3n) is 3.31. The summed E-state index contributed by atoms with van der Waals surface area (Å²) in [5.41, 5.74) is 6.99. The molecule has 22 heavy (non-hydrogen) atoms. The second kappa shape index (κ2) is 10.1. The van der Waals surface area contributed by atoms with Gasteiger partial charge < -0.3 is 20.1 Å². The van der Waals surface area contributed by atoms with Crippen molar-refractivity contribution in [1.82, 2.24) is 4.90 Å². The van der Waals surface area contributed by atoms with E-state index in [1.807, 2.05) is 30.0 Å². The first kappa shape index (κ1) is 19.3. The van der Waals surface area contributed by atoms with E-state index < -0.39 is 0 Å². The highest BCUT2D eigenvalue weighted by atomic mass is 127. The van der Waals surface area contributed by atoms with Crippen molar-refractivity contribution in [2.45, 2.75) is 13.3 Å². The van der Waals surface area contributed by atoms with Crippen molar-refractivity contribution in [2.24, 2.45) is 10.7 Å². The van der Waals surface area contributed by atoms with Crippen LogP contribution in [0.4, 0.5) is 0 Å². The molecule has 0 saturated carbocycles. The second-order valence-electron chi connectivity index (χ2n) is 4.95. The second-order valence-corrected chi connectivity index (χ2v) is 5.39. The number of benzene rings is 1. The van der Waals surface area contributed by atoms with Gasteiger partial charge in [-0.05, 0) is 30.7 Å². The van der Waals surface area contributed by atoms with E-state index in [1.165, 1.54) is 0 Å². The van der Waals surface area contributed by atoms with Gasteiger partial charge in [-0.15, -0.1) is 24.0 Å². The van der Waals surface area contributed by atoms with Crippen molar-refractivity contribution >= 4 is 41.5 Å². The number of rotatable bonds is 5. The number of hydrogen-bond donors (Lipinski definition) is 1. The molecular formula is C15H23ClIN3O2. The summed E-state index contributed by atoms with van der Waals surface area (Å²) in [6.07, 6.45) is 0.826. The molecule has 2 N–H and O–H groups in total. The minimum absolute atomic E-state index is 0. The average molecular weight is 440 g/mol. The summed E-state index contributed by atoms with van der Waals surface area (Å²) < 4.78 is 11.0. The minimum Gasteiger partial charge on any atom is -0.493 e. The van der Waals surface area contributed by atoms with Crippen LogP contribution in [0.15, 0.2) is 23.2 Å². The first-order chi connectivity index (χ1) is 10.2. The lowest BCUT2D eigenvalue weighted by atomic mass is 10.2. The van der Waals surface area contributed by atoms with Gasteiger partial charge in [-0.25, -0.2) is 0 Å². The first-order valence-corrected chi connectivity index (χ1v) is 7.56. The molecule has 1 heterocycles. The van der Waals surface area contributed by atoms with Gasteiger partial charge in [-0.1, -0.05) is 11.6 Å². The van der Waals surface area contributed by atoms with Crippen LogP contribution in [-0.2, 0) is 4.74 Å². The molecule has 0 aliphatic carbocycles. The molecule has 1 aliphatic heterocycles. The minimum atomic E-state index is 0. The number of ether oxygens (including phenoxy) is 2. The number of guanidine groups is 1. The van der Waals surface area contributed by atoms with Gasteiger partial charge in [0.05, 0.1) is 19.8 Å². The lowest BCUT2D eigenvalue weighted by molar-refractivity contribution is 0.0674. The summed E-state index contributed by atoms with van der Waals surface area (Å²) in [7, 11) is 0. The molecule has 7 heteroatoms. The highest BCUT2D eigenvalue weighted by Gasteiger charge is 2.11. The van der Waals surface area contributed by atoms with Gasteiger partial charge in [0, 0.05) is 31.1 Å². The van der Waals surface area contributed by atoms with Crippen molar-refractivity contribution in [3.05, 3.63) is 28.8 Å². The van der Waals surface area contributed by atoms with E-state index in [0.29, 0.717) is 19.1 Å². The van der Waals surface area contributed by atoms with Crippen LogP contribution in [0.2, 0.25) is 5.02 Å². The van der Waals surface area contributed by atoms with Crippen LogP contribution < -0.4 is 10.5 Å². The van der Waals surface area contributed by atoms with Gasteiger partial charge in [0.2, 0.25) is 0 Å². The number of aryl methyl sites for hydroxylation is 1. The Morgan fingerprint density at radius 1 is 1.41 bits per heavy atom. The summed E-state index contributed by atoms with van der Waals surface area (Å²) in [4.78, 5) is 6.43. The van der Waals surface area contributed by atoms with Crippen molar-refractivity contribution in [2.75, 3.05) is 39.5 Å². The largest absolute Gasteiger partial charge is 0.493 e. The van der Waals surface area contributed by atoms with Crippen LogP contribution in [-0.4, -0.2) is 50.3 Å². The Balaban J connectivity index is 0.00000242. The molecule has 0 atom stereocenters. The fourth-order valence-electron chi connectivity index (χ4n) is 2.11. The monoisotopic (exact) mass is 439 g/mol. The SMILES string of the molecule is Cc1cc(Cl)ccc1OCCCN=C(N)N1CCOCC1.I. The number of halogens is 2. The maximum absolute atomic E-state index is 5.95.